The highest BCUT2D eigenvalue weighted by Gasteiger charge is 2.47. The number of halogens is 2. The second kappa shape index (κ2) is 5.93. The summed E-state index contributed by atoms with van der Waals surface area (Å²) < 4.78 is 32.8. The highest BCUT2D eigenvalue weighted by Crippen LogP contribution is 2.37. The molecule has 0 bridgehead atoms. The summed E-state index contributed by atoms with van der Waals surface area (Å²) in [5, 5.41) is 6.80. The van der Waals surface area contributed by atoms with E-state index in [9.17, 15) is 18.4 Å². The van der Waals surface area contributed by atoms with E-state index in [0.29, 0.717) is 17.8 Å². The van der Waals surface area contributed by atoms with Gasteiger partial charge in [0.25, 0.3) is 11.8 Å². The Morgan fingerprint density at radius 1 is 1.35 bits per heavy atom. The molecular weight excluding hydrogens is 346 g/mol. The lowest BCUT2D eigenvalue weighted by Gasteiger charge is -2.38. The van der Waals surface area contributed by atoms with Gasteiger partial charge in [0.15, 0.2) is 5.76 Å². The number of alkyl halides is 2. The lowest BCUT2D eigenvalue weighted by atomic mass is 9.88. The average Bonchev–Trinajstić information content (AvgIpc) is 3.19. The zero-order valence-corrected chi connectivity index (χ0v) is 14.1. The maximum atomic E-state index is 13.0. The molecule has 0 saturated heterocycles. The van der Waals surface area contributed by atoms with Crippen LogP contribution in [0.2, 0.25) is 0 Å². The summed E-state index contributed by atoms with van der Waals surface area (Å²) in [5.74, 6) is -3.20. The van der Waals surface area contributed by atoms with Crippen LogP contribution >= 0.6 is 0 Å². The van der Waals surface area contributed by atoms with Crippen LogP contribution in [0.5, 0.6) is 0 Å². The van der Waals surface area contributed by atoms with Crippen molar-refractivity contribution in [2.75, 3.05) is 6.54 Å². The SMILES string of the molecule is Cc1ccoc1C(=O)N1Cc2ccnn2C(C(=O)NC2CC(F)(F)C2)C1. The minimum Gasteiger partial charge on any atom is -0.459 e. The predicted molar refractivity (Wildman–Crippen MR) is 85.6 cm³/mol. The van der Waals surface area contributed by atoms with Crippen LogP contribution in [0.3, 0.4) is 0 Å². The van der Waals surface area contributed by atoms with Crippen LogP contribution in [0.15, 0.2) is 29.0 Å². The third-order valence-electron chi connectivity index (χ3n) is 4.88. The minimum atomic E-state index is -2.71. The van der Waals surface area contributed by atoms with E-state index in [4.69, 9.17) is 4.42 Å². The number of hydrogen-bond donors (Lipinski definition) is 1. The van der Waals surface area contributed by atoms with Crippen LogP contribution < -0.4 is 5.32 Å². The monoisotopic (exact) mass is 364 g/mol. The summed E-state index contributed by atoms with van der Waals surface area (Å²) in [6, 6.07) is 2.12. The fourth-order valence-electron chi connectivity index (χ4n) is 3.44. The molecule has 7 nitrogen and oxygen atoms in total. The van der Waals surface area contributed by atoms with Gasteiger partial charge in [-0.2, -0.15) is 5.10 Å². The first-order chi connectivity index (χ1) is 12.3. The summed E-state index contributed by atoms with van der Waals surface area (Å²) in [6.07, 6.45) is 2.29. The second-order valence-corrected chi connectivity index (χ2v) is 6.87. The number of nitrogens with zero attached hydrogens (tertiary/aromatic N) is 3. The molecule has 0 spiro atoms. The smallest absolute Gasteiger partial charge is 0.290 e. The number of furan rings is 1. The standard InChI is InChI=1S/C17H18F2N4O3/c1-10-3-5-26-14(10)16(25)22-8-12-2-4-20-23(12)13(9-22)15(24)21-11-6-17(18,19)7-11/h2-5,11,13H,6-9H2,1H3,(H,21,24). The van der Waals surface area contributed by atoms with Crippen molar-refractivity contribution in [2.24, 2.45) is 0 Å². The fourth-order valence-corrected chi connectivity index (χ4v) is 3.44. The van der Waals surface area contributed by atoms with Crippen LogP contribution in [0.1, 0.15) is 40.7 Å². The van der Waals surface area contributed by atoms with Crippen molar-refractivity contribution in [1.82, 2.24) is 20.0 Å². The van der Waals surface area contributed by atoms with Gasteiger partial charge in [-0.1, -0.05) is 0 Å². The van der Waals surface area contributed by atoms with Gasteiger partial charge in [0.1, 0.15) is 6.04 Å². The first-order valence-corrected chi connectivity index (χ1v) is 8.38. The van der Waals surface area contributed by atoms with E-state index in [1.807, 2.05) is 0 Å². The van der Waals surface area contributed by atoms with Crippen LogP contribution in [-0.4, -0.2) is 45.0 Å². The van der Waals surface area contributed by atoms with E-state index in [1.54, 1.807) is 29.9 Å². The van der Waals surface area contributed by atoms with Gasteiger partial charge in [0.05, 0.1) is 25.0 Å². The molecule has 2 aromatic heterocycles. The van der Waals surface area contributed by atoms with Crippen molar-refractivity contribution in [3.8, 4) is 0 Å². The topological polar surface area (TPSA) is 80.4 Å². The Bertz CT molecular complexity index is 852. The molecule has 1 unspecified atom stereocenters. The molecular formula is C17H18F2N4O3. The highest BCUT2D eigenvalue weighted by molar-refractivity contribution is 5.93. The molecule has 1 aliphatic carbocycles. The molecule has 9 heteroatoms. The van der Waals surface area contributed by atoms with E-state index in [-0.39, 0.29) is 31.1 Å². The third kappa shape index (κ3) is 2.87. The maximum absolute atomic E-state index is 13.0. The van der Waals surface area contributed by atoms with Gasteiger partial charge in [0.2, 0.25) is 5.91 Å². The molecule has 1 saturated carbocycles. The van der Waals surface area contributed by atoms with Crippen LogP contribution in [-0.2, 0) is 11.3 Å². The van der Waals surface area contributed by atoms with E-state index >= 15 is 0 Å². The summed E-state index contributed by atoms with van der Waals surface area (Å²) in [7, 11) is 0. The predicted octanol–water partition coefficient (Wildman–Crippen LogP) is 1.90. The lowest BCUT2D eigenvalue weighted by molar-refractivity contribution is -0.133. The molecule has 26 heavy (non-hydrogen) atoms. The van der Waals surface area contributed by atoms with Crippen molar-refractivity contribution >= 4 is 11.8 Å². The molecule has 0 aromatic carbocycles. The number of amides is 2. The number of fused-ring (bicyclic) bond motifs is 1. The molecule has 1 N–H and O–H groups in total. The summed E-state index contributed by atoms with van der Waals surface area (Å²) in [5.41, 5.74) is 1.42. The van der Waals surface area contributed by atoms with Gasteiger partial charge in [-0.05, 0) is 19.1 Å². The molecule has 1 aliphatic heterocycles. The normalized spacial score (nSPS) is 21.8. The first-order valence-electron chi connectivity index (χ1n) is 8.38. The number of carbonyl (C=O) groups excluding carboxylic acids is 2. The lowest BCUT2D eigenvalue weighted by Crippen LogP contribution is -2.54. The van der Waals surface area contributed by atoms with Gasteiger partial charge in [-0.3, -0.25) is 14.3 Å². The summed E-state index contributed by atoms with van der Waals surface area (Å²) >= 11 is 0. The molecule has 1 atom stereocenters. The number of hydrogen-bond acceptors (Lipinski definition) is 4. The Morgan fingerprint density at radius 3 is 2.77 bits per heavy atom. The number of carbonyl (C=O) groups is 2. The molecule has 1 fully saturated rings. The quantitative estimate of drug-likeness (QED) is 0.902. The summed E-state index contributed by atoms with van der Waals surface area (Å²) in [4.78, 5) is 26.9. The maximum Gasteiger partial charge on any atom is 0.290 e. The molecule has 4 rings (SSSR count). The first kappa shape index (κ1) is 16.7. The third-order valence-corrected chi connectivity index (χ3v) is 4.88. The number of rotatable bonds is 3. The van der Waals surface area contributed by atoms with Crippen molar-refractivity contribution in [2.45, 2.75) is 44.3 Å². The molecule has 3 heterocycles. The molecule has 2 aromatic rings. The molecule has 2 amide bonds. The highest BCUT2D eigenvalue weighted by atomic mass is 19.3. The number of aromatic nitrogens is 2. The van der Waals surface area contributed by atoms with Crippen LogP contribution in [0, 0.1) is 6.92 Å². The van der Waals surface area contributed by atoms with Gasteiger partial charge in [-0.25, -0.2) is 8.78 Å². The second-order valence-electron chi connectivity index (χ2n) is 6.87. The molecule has 0 radical (unpaired) electrons. The van der Waals surface area contributed by atoms with Crippen molar-refractivity contribution in [1.29, 1.82) is 0 Å². The van der Waals surface area contributed by atoms with Gasteiger partial charge in [-0.15, -0.1) is 0 Å². The largest absolute Gasteiger partial charge is 0.459 e. The van der Waals surface area contributed by atoms with Crippen LogP contribution in [0.4, 0.5) is 8.78 Å². The van der Waals surface area contributed by atoms with E-state index in [2.05, 4.69) is 10.4 Å². The molecule has 138 valence electrons. The Balaban J connectivity index is 1.52. The molecule has 2 aliphatic rings. The van der Waals surface area contributed by atoms with Gasteiger partial charge < -0.3 is 14.6 Å². The van der Waals surface area contributed by atoms with Gasteiger partial charge in [0, 0.05) is 30.6 Å². The van der Waals surface area contributed by atoms with Gasteiger partial charge >= 0.3 is 0 Å². The van der Waals surface area contributed by atoms with Crippen molar-refractivity contribution in [3.05, 3.63) is 41.6 Å². The van der Waals surface area contributed by atoms with E-state index in [0.717, 1.165) is 0 Å². The Hall–Kier alpha value is -2.71. The van der Waals surface area contributed by atoms with Crippen molar-refractivity contribution in [3.63, 3.8) is 0 Å². The number of aryl methyl sites for hydroxylation is 1. The van der Waals surface area contributed by atoms with Crippen molar-refractivity contribution < 1.29 is 22.8 Å². The Kier molecular flexibility index (Phi) is 3.82. The zero-order valence-electron chi connectivity index (χ0n) is 14.1. The minimum absolute atomic E-state index is 0.0998. The summed E-state index contributed by atoms with van der Waals surface area (Å²) in [6.45, 7) is 2.17. The number of nitrogens with one attached hydrogen (secondary N) is 1. The Morgan fingerprint density at radius 2 is 2.12 bits per heavy atom. The van der Waals surface area contributed by atoms with E-state index < -0.39 is 23.9 Å². The van der Waals surface area contributed by atoms with E-state index in [1.165, 1.54) is 11.2 Å². The zero-order chi connectivity index (χ0) is 18.5. The Labute approximate surface area is 147 Å². The van der Waals surface area contributed by atoms with Crippen LogP contribution in [0.25, 0.3) is 0 Å². The average molecular weight is 364 g/mol. The fraction of sp³-hybridized carbons (Fsp3) is 0.471.